The number of fused-ring (bicyclic) bond motifs is 2. The Balaban J connectivity index is 1.10. The molecule has 4 aromatic rings. The van der Waals surface area contributed by atoms with E-state index < -0.39 is 45.9 Å². The number of carboxylic acids is 1. The zero-order valence-corrected chi connectivity index (χ0v) is 39.1. The number of carbonyl (C=O) groups is 2. The maximum Gasteiger partial charge on any atom is 0.337 e. The average molecular weight is 903 g/mol. The fraction of sp³-hybridized carbons (Fsp3) is 0.510. The van der Waals surface area contributed by atoms with Gasteiger partial charge in [-0.1, -0.05) is 64.1 Å². The Labute approximate surface area is 376 Å². The minimum atomic E-state index is -4.02. The molecule has 2 N–H and O–H groups in total. The highest BCUT2D eigenvalue weighted by Crippen LogP contribution is 2.46. The molecule has 63 heavy (non-hydrogen) atoms. The standard InChI is InChI=1S/C49H62N2O10S2/c1-31(2)27-51(63(56,57)37-18-16-36(58-7)17-19-37)29-41(52)34(25-44(53)61-42-30-60-49(5)40(42)21-23-59-49)24-32-12-14-35(15-13-32)50(6)28-33-10-8-9-11-38(33)46-45(47(54)55)39-26-48(3,4)22-20-43(39)62-46/h8-19,31,34,40-42,52H,20-30H2,1-7H3,(H,54,55)/t34-,40+,41-,42+,49-/m1/s1. The van der Waals surface area contributed by atoms with Crippen molar-refractivity contribution in [1.82, 2.24) is 4.31 Å². The number of hydrogen-bond acceptors (Lipinski definition) is 11. The van der Waals surface area contributed by atoms with Crippen molar-refractivity contribution in [2.45, 2.75) is 103 Å². The molecule has 340 valence electrons. The van der Waals surface area contributed by atoms with Gasteiger partial charge in [-0.2, -0.15) is 4.31 Å². The number of anilines is 1. The smallest absolute Gasteiger partial charge is 0.337 e. The third-order valence-corrected chi connectivity index (χ3v) is 16.1. The Kier molecular flexibility index (Phi) is 14.1. The largest absolute Gasteiger partial charge is 0.497 e. The van der Waals surface area contributed by atoms with Gasteiger partial charge in [-0.15, -0.1) is 11.3 Å². The lowest BCUT2D eigenvalue weighted by Crippen LogP contribution is -2.43. The van der Waals surface area contributed by atoms with Gasteiger partial charge in [0.2, 0.25) is 10.0 Å². The molecular weight excluding hydrogens is 841 g/mol. The van der Waals surface area contributed by atoms with Gasteiger partial charge in [0, 0.05) is 48.0 Å². The van der Waals surface area contributed by atoms with E-state index in [1.165, 1.54) is 28.4 Å². The highest BCUT2D eigenvalue weighted by molar-refractivity contribution is 7.89. The van der Waals surface area contributed by atoms with Crippen LogP contribution in [0, 0.1) is 23.2 Å². The first-order chi connectivity index (χ1) is 29.9. The summed E-state index contributed by atoms with van der Waals surface area (Å²) in [7, 11) is -0.517. The number of rotatable bonds is 18. The molecule has 2 fully saturated rings. The Morgan fingerprint density at radius 1 is 0.984 bits per heavy atom. The summed E-state index contributed by atoms with van der Waals surface area (Å²) < 4.78 is 52.3. The first-order valence-electron chi connectivity index (χ1n) is 21.9. The van der Waals surface area contributed by atoms with Crippen LogP contribution in [-0.4, -0.2) is 93.3 Å². The Bertz CT molecular complexity index is 2360. The fourth-order valence-corrected chi connectivity index (χ4v) is 12.4. The van der Waals surface area contributed by atoms with Gasteiger partial charge in [-0.25, -0.2) is 13.2 Å². The highest BCUT2D eigenvalue weighted by atomic mass is 32.2. The molecule has 2 aliphatic heterocycles. The van der Waals surface area contributed by atoms with Crippen molar-refractivity contribution < 1.29 is 47.2 Å². The second-order valence-corrected chi connectivity index (χ2v) is 21.8. The molecule has 7 rings (SSSR count). The molecule has 1 aliphatic carbocycles. The summed E-state index contributed by atoms with van der Waals surface area (Å²) in [5.74, 6) is -2.48. The van der Waals surface area contributed by atoms with E-state index >= 15 is 0 Å². The van der Waals surface area contributed by atoms with Crippen LogP contribution in [-0.2, 0) is 54.8 Å². The zero-order chi connectivity index (χ0) is 45.3. The van der Waals surface area contributed by atoms with Crippen LogP contribution >= 0.6 is 11.3 Å². The predicted molar refractivity (Wildman–Crippen MR) is 244 cm³/mol. The number of methoxy groups -OCH3 is 1. The summed E-state index contributed by atoms with van der Waals surface area (Å²) in [5, 5.41) is 22.4. The summed E-state index contributed by atoms with van der Waals surface area (Å²) in [6, 6.07) is 22.1. The van der Waals surface area contributed by atoms with Crippen molar-refractivity contribution in [3.63, 3.8) is 0 Å². The third-order valence-electron chi connectivity index (χ3n) is 12.9. The zero-order valence-electron chi connectivity index (χ0n) is 37.5. The average Bonchev–Trinajstić information content (AvgIpc) is 3.90. The number of benzene rings is 3. The van der Waals surface area contributed by atoms with Gasteiger partial charge in [0.05, 0.1) is 49.2 Å². The summed E-state index contributed by atoms with van der Waals surface area (Å²) in [4.78, 5) is 30.7. The molecule has 3 aliphatic rings. The van der Waals surface area contributed by atoms with Crippen LogP contribution in [0.15, 0.2) is 77.7 Å². The van der Waals surface area contributed by atoms with Crippen LogP contribution in [0.5, 0.6) is 5.75 Å². The van der Waals surface area contributed by atoms with Crippen molar-refractivity contribution in [3.05, 3.63) is 99.9 Å². The van der Waals surface area contributed by atoms with Crippen LogP contribution in [0.3, 0.4) is 0 Å². The van der Waals surface area contributed by atoms with Crippen LogP contribution < -0.4 is 9.64 Å². The molecule has 0 bridgehead atoms. The maximum absolute atomic E-state index is 14.0. The van der Waals surface area contributed by atoms with Crippen LogP contribution in [0.4, 0.5) is 5.69 Å². The Morgan fingerprint density at radius 2 is 1.70 bits per heavy atom. The SMILES string of the molecule is COc1ccc(S(=O)(=O)N(CC(C)C)C[C@@H](O)[C@@H](CC(=O)O[C@H]2CO[C@@]3(C)OCC[C@@H]23)Cc2ccc(N(C)Cc3ccccc3-c3sc4c(c3C(=O)O)CC(C)(C)CC4)cc2)cc1. The number of aryl methyl sites for hydroxylation is 1. The number of carboxylic acid groups (broad SMARTS) is 1. The fourth-order valence-electron chi connectivity index (χ4n) is 9.37. The number of aliphatic hydroxyl groups excluding tert-OH is 1. The van der Waals surface area contributed by atoms with Gasteiger partial charge in [-0.05, 0) is 109 Å². The molecule has 3 aromatic carbocycles. The molecule has 12 nitrogen and oxygen atoms in total. The maximum atomic E-state index is 14.0. The molecule has 3 heterocycles. The van der Waals surface area contributed by atoms with E-state index in [2.05, 4.69) is 24.8 Å². The number of nitrogens with zero attached hydrogens (tertiary/aromatic N) is 2. The lowest BCUT2D eigenvalue weighted by atomic mass is 9.76. The van der Waals surface area contributed by atoms with E-state index in [0.717, 1.165) is 52.1 Å². The van der Waals surface area contributed by atoms with Crippen molar-refractivity contribution >= 4 is 39.0 Å². The van der Waals surface area contributed by atoms with Gasteiger partial charge < -0.3 is 34.1 Å². The third kappa shape index (κ3) is 10.5. The number of aliphatic hydroxyl groups is 1. The van der Waals surface area contributed by atoms with Crippen LogP contribution in [0.2, 0.25) is 0 Å². The molecule has 0 unspecified atom stereocenters. The molecule has 0 amide bonds. The van der Waals surface area contributed by atoms with E-state index in [-0.39, 0.29) is 54.7 Å². The number of aromatic carboxylic acids is 1. The lowest BCUT2D eigenvalue weighted by Gasteiger charge is -2.30. The summed E-state index contributed by atoms with van der Waals surface area (Å²) in [5.41, 5.74) is 5.17. The number of sulfonamides is 1. The van der Waals surface area contributed by atoms with E-state index in [9.17, 15) is 28.2 Å². The molecule has 5 atom stereocenters. The Hall–Kier alpha value is -4.31. The number of ether oxygens (including phenoxy) is 4. The van der Waals surface area contributed by atoms with Gasteiger partial charge in [0.1, 0.15) is 11.9 Å². The second kappa shape index (κ2) is 19.0. The van der Waals surface area contributed by atoms with Gasteiger partial charge in [-0.3, -0.25) is 4.79 Å². The van der Waals surface area contributed by atoms with Crippen molar-refractivity contribution in [2.75, 3.05) is 45.4 Å². The van der Waals surface area contributed by atoms with Crippen LogP contribution in [0.1, 0.15) is 85.8 Å². The highest BCUT2D eigenvalue weighted by Gasteiger charge is 2.53. The molecule has 0 spiro atoms. The van der Waals surface area contributed by atoms with E-state index in [1.807, 2.05) is 70.3 Å². The van der Waals surface area contributed by atoms with Gasteiger partial charge >= 0.3 is 11.9 Å². The first-order valence-corrected chi connectivity index (χ1v) is 24.2. The van der Waals surface area contributed by atoms with E-state index in [4.69, 9.17) is 18.9 Å². The molecule has 1 aromatic heterocycles. The van der Waals surface area contributed by atoms with E-state index in [0.29, 0.717) is 30.9 Å². The topological polar surface area (TPSA) is 152 Å². The number of thiophene rings is 1. The minimum absolute atomic E-state index is 0.0438. The quantitative estimate of drug-likeness (QED) is 0.0930. The lowest BCUT2D eigenvalue weighted by molar-refractivity contribution is -0.181. The number of hydrogen-bond donors (Lipinski definition) is 2. The molecular formula is C49H62N2O10S2. The molecule has 0 saturated carbocycles. The van der Waals surface area contributed by atoms with Crippen molar-refractivity contribution in [2.24, 2.45) is 23.2 Å². The normalized spacial score (nSPS) is 21.5. The second-order valence-electron chi connectivity index (χ2n) is 18.8. The van der Waals surface area contributed by atoms with Crippen LogP contribution in [0.25, 0.3) is 10.4 Å². The first kappa shape index (κ1) is 46.7. The number of esters is 1. The monoisotopic (exact) mass is 902 g/mol. The molecule has 2 saturated heterocycles. The minimum Gasteiger partial charge on any atom is -0.497 e. The summed E-state index contributed by atoms with van der Waals surface area (Å²) in [6.07, 6.45) is 1.81. The number of carbonyl (C=O) groups excluding carboxylic acids is 1. The van der Waals surface area contributed by atoms with Gasteiger partial charge in [0.25, 0.3) is 0 Å². The van der Waals surface area contributed by atoms with Crippen molar-refractivity contribution in [3.8, 4) is 16.2 Å². The summed E-state index contributed by atoms with van der Waals surface area (Å²) >= 11 is 1.61. The van der Waals surface area contributed by atoms with Gasteiger partial charge in [0.15, 0.2) is 5.79 Å². The predicted octanol–water partition coefficient (Wildman–Crippen LogP) is 8.22. The summed E-state index contributed by atoms with van der Waals surface area (Å²) in [6.45, 7) is 11.3. The van der Waals surface area contributed by atoms with Crippen molar-refractivity contribution in [1.29, 1.82) is 0 Å². The molecule has 14 heteroatoms. The van der Waals surface area contributed by atoms with E-state index in [1.54, 1.807) is 23.5 Å². The Morgan fingerprint density at radius 3 is 2.38 bits per heavy atom. The molecule has 0 radical (unpaired) electrons.